The number of aromatic nitrogens is 2. The number of cyclic esters (lactones) is 1. The number of ether oxygens (including phenoxy) is 2. The molecule has 2 amide bonds. The molecule has 0 saturated heterocycles. The minimum absolute atomic E-state index is 0.0365. The largest absolute Gasteiger partial charge is 0.480 e. The van der Waals surface area contributed by atoms with Gasteiger partial charge in [-0.05, 0) is 56.8 Å². The number of carbonyl (C=O) groups is 5. The number of benzene rings is 1. The number of nitrogens with two attached hydrogens (primary N) is 1. The Labute approximate surface area is 365 Å². The van der Waals surface area contributed by atoms with Gasteiger partial charge in [0.2, 0.25) is 17.4 Å². The Morgan fingerprint density at radius 3 is 2.11 bits per heavy atom. The maximum atomic E-state index is 13.9. The van der Waals surface area contributed by atoms with Gasteiger partial charge in [-0.25, -0.2) is 14.6 Å². The summed E-state index contributed by atoms with van der Waals surface area (Å²) >= 11 is 0. The summed E-state index contributed by atoms with van der Waals surface area (Å²) < 4.78 is 12.9. The number of para-hydroxylation sites is 1. The van der Waals surface area contributed by atoms with Crippen molar-refractivity contribution in [1.82, 2.24) is 20.2 Å². The molecule has 2 aliphatic rings. The highest BCUT2D eigenvalue weighted by Crippen LogP contribution is 2.41. The highest BCUT2D eigenvalue weighted by atomic mass is 16.6. The smallest absolute Gasteiger partial charge is 0.355 e. The lowest BCUT2D eigenvalue weighted by Crippen LogP contribution is -2.51. The van der Waals surface area contributed by atoms with Crippen molar-refractivity contribution in [2.75, 3.05) is 6.54 Å². The summed E-state index contributed by atoms with van der Waals surface area (Å²) in [7, 11) is 0. The minimum atomic E-state index is -1.93. The second-order valence-corrected chi connectivity index (χ2v) is 16.9. The molecule has 5 N–H and O–H groups in total. The quantitative estimate of drug-likeness (QED) is 0.0325. The van der Waals surface area contributed by atoms with Gasteiger partial charge < -0.3 is 35.5 Å². The average molecular weight is 858 g/mol. The zero-order valence-corrected chi connectivity index (χ0v) is 36.8. The van der Waals surface area contributed by atoms with Crippen LogP contribution in [0.4, 0.5) is 0 Å². The van der Waals surface area contributed by atoms with Crippen molar-refractivity contribution in [2.24, 2.45) is 5.73 Å². The van der Waals surface area contributed by atoms with Crippen molar-refractivity contribution in [1.29, 1.82) is 0 Å². The Hall–Kier alpha value is -5.11. The molecule has 0 saturated carbocycles. The first kappa shape index (κ1) is 47.9. The first-order valence-corrected chi connectivity index (χ1v) is 23.1. The van der Waals surface area contributed by atoms with E-state index in [1.807, 2.05) is 30.3 Å². The summed E-state index contributed by atoms with van der Waals surface area (Å²) in [5.74, 6) is -4.09. The maximum absolute atomic E-state index is 13.9. The van der Waals surface area contributed by atoms with E-state index in [1.165, 1.54) is 64.2 Å². The lowest BCUT2D eigenvalue weighted by atomic mass is 9.85. The van der Waals surface area contributed by atoms with Crippen molar-refractivity contribution in [2.45, 2.75) is 180 Å². The third-order valence-electron chi connectivity index (χ3n) is 12.3. The predicted octanol–water partition coefficient (Wildman–Crippen LogP) is 7.47. The highest BCUT2D eigenvalue weighted by molar-refractivity contribution is 5.92. The topological polar surface area (TPSA) is 209 Å². The number of rotatable bonds is 28. The van der Waals surface area contributed by atoms with E-state index in [0.717, 1.165) is 35.7 Å². The fraction of sp³-hybridized carbons (Fsp3) is 0.604. The van der Waals surface area contributed by atoms with E-state index in [9.17, 15) is 33.9 Å². The number of esters is 2. The Balaban J connectivity index is 1.13. The second kappa shape index (κ2) is 23.9. The summed E-state index contributed by atoms with van der Waals surface area (Å²) in [5, 5.41) is 16.1. The number of hydrogen-bond acceptors (Lipinski definition) is 10. The van der Waals surface area contributed by atoms with Gasteiger partial charge in [0.15, 0.2) is 0 Å². The van der Waals surface area contributed by atoms with Crippen molar-refractivity contribution >= 4 is 40.6 Å². The molecule has 5 rings (SSSR count). The Morgan fingerprint density at radius 2 is 1.47 bits per heavy atom. The monoisotopic (exact) mass is 857 g/mol. The number of nitrogens with one attached hydrogen (secondary N) is 2. The van der Waals surface area contributed by atoms with Crippen LogP contribution in [0.2, 0.25) is 0 Å². The fourth-order valence-electron chi connectivity index (χ4n) is 8.64. The van der Waals surface area contributed by atoms with Gasteiger partial charge in [-0.3, -0.25) is 19.2 Å². The number of hydrogen-bond donors (Lipinski definition) is 4. The zero-order valence-electron chi connectivity index (χ0n) is 36.8. The summed E-state index contributed by atoms with van der Waals surface area (Å²) in [6.07, 6.45) is 17.2. The Bertz CT molecular complexity index is 2080. The molecule has 338 valence electrons. The molecule has 3 atom stereocenters. The normalized spacial score (nSPS) is 16.1. The van der Waals surface area contributed by atoms with E-state index in [1.54, 1.807) is 17.6 Å². The molecule has 0 spiro atoms. The zero-order chi connectivity index (χ0) is 44.5. The molecule has 0 aliphatic carbocycles. The summed E-state index contributed by atoms with van der Waals surface area (Å²) in [4.78, 5) is 84.5. The van der Waals surface area contributed by atoms with Crippen LogP contribution in [0.3, 0.4) is 0 Å². The number of carboxylic acid groups (broad SMARTS) is 1. The highest BCUT2D eigenvalue weighted by Gasteiger charge is 2.50. The molecule has 0 fully saturated rings. The van der Waals surface area contributed by atoms with Crippen LogP contribution in [-0.2, 0) is 52.2 Å². The Morgan fingerprint density at radius 1 is 0.839 bits per heavy atom. The SMILES string of the molecule is CCCCCCCCCCCCCCCCC(NC(=O)C(CCCCN)NC(=O)CCC(=O)O[C@]1(CC)C(=O)OCc2c1cc1n(c2=O)Cc2cc3ccccc3nc2-1)C(=O)O. The molecule has 2 unspecified atom stereocenters. The minimum Gasteiger partial charge on any atom is -0.480 e. The summed E-state index contributed by atoms with van der Waals surface area (Å²) in [6, 6.07) is 9.13. The van der Waals surface area contributed by atoms with Gasteiger partial charge in [0, 0.05) is 22.9 Å². The van der Waals surface area contributed by atoms with Gasteiger partial charge in [-0.15, -0.1) is 0 Å². The number of carboxylic acids is 1. The molecule has 14 heteroatoms. The van der Waals surface area contributed by atoms with Crippen LogP contribution >= 0.6 is 0 Å². The van der Waals surface area contributed by atoms with Crippen LogP contribution in [0.15, 0.2) is 41.2 Å². The molecule has 0 bridgehead atoms. The molecule has 3 aromatic rings. The maximum Gasteiger partial charge on any atom is 0.355 e. The van der Waals surface area contributed by atoms with Crippen molar-refractivity contribution in [3.63, 3.8) is 0 Å². The first-order chi connectivity index (χ1) is 30.0. The van der Waals surface area contributed by atoms with Gasteiger partial charge in [-0.1, -0.05) is 122 Å². The van der Waals surface area contributed by atoms with E-state index in [-0.39, 0.29) is 55.5 Å². The van der Waals surface area contributed by atoms with Crippen LogP contribution in [0.1, 0.15) is 165 Å². The van der Waals surface area contributed by atoms with Crippen molar-refractivity contribution in [3.05, 3.63) is 63.4 Å². The van der Waals surface area contributed by atoms with Gasteiger partial charge in [0.1, 0.15) is 18.7 Å². The fourth-order valence-corrected chi connectivity index (χ4v) is 8.64. The van der Waals surface area contributed by atoms with E-state index in [2.05, 4.69) is 17.6 Å². The molecule has 4 heterocycles. The van der Waals surface area contributed by atoms with E-state index >= 15 is 0 Å². The lowest BCUT2D eigenvalue weighted by Gasteiger charge is -2.35. The summed E-state index contributed by atoms with van der Waals surface area (Å²) in [5.41, 5.74) is 6.50. The third kappa shape index (κ3) is 12.5. The second-order valence-electron chi connectivity index (χ2n) is 16.9. The van der Waals surface area contributed by atoms with E-state index in [0.29, 0.717) is 37.2 Å². The van der Waals surface area contributed by atoms with Gasteiger partial charge in [0.05, 0.1) is 35.4 Å². The molecule has 14 nitrogen and oxygen atoms in total. The van der Waals surface area contributed by atoms with Crippen LogP contribution in [0.25, 0.3) is 22.3 Å². The number of nitrogens with zero attached hydrogens (tertiary/aromatic N) is 2. The standard InChI is InChI=1S/C48H67N5O9/c1-3-5-6-7-8-9-10-11-12-13-14-15-16-17-25-39(46(58)59)52-44(56)38(24-20-21-28-49)50-41(54)26-27-42(55)62-48(4-2)36-30-40-43-34(29-33-22-18-19-23-37(33)51-43)31-53(40)45(57)35(36)32-61-47(48)60/h18-19,22-23,29-30,38-39H,3-17,20-21,24-28,31-32,49H2,1-2H3,(H,50,54)(H,52,56)(H,58,59)/t38?,39?,48-/m0/s1. The lowest BCUT2D eigenvalue weighted by molar-refractivity contribution is -0.189. The molecular weight excluding hydrogens is 791 g/mol. The summed E-state index contributed by atoms with van der Waals surface area (Å²) in [6.45, 7) is 4.27. The van der Waals surface area contributed by atoms with Crippen molar-refractivity contribution < 1.29 is 38.6 Å². The van der Waals surface area contributed by atoms with Crippen LogP contribution < -0.4 is 21.9 Å². The predicted molar refractivity (Wildman–Crippen MR) is 237 cm³/mol. The number of amides is 2. The number of unbranched alkanes of at least 4 members (excludes halogenated alkanes) is 14. The number of pyridine rings is 2. The Kier molecular flexibility index (Phi) is 18.5. The molecule has 2 aliphatic heterocycles. The molecule has 1 aromatic carbocycles. The van der Waals surface area contributed by atoms with Gasteiger partial charge in [-0.2, -0.15) is 0 Å². The number of carbonyl (C=O) groups excluding carboxylic acids is 4. The van der Waals surface area contributed by atoms with Crippen molar-refractivity contribution in [3.8, 4) is 11.4 Å². The van der Waals surface area contributed by atoms with Gasteiger partial charge >= 0.3 is 17.9 Å². The third-order valence-corrected chi connectivity index (χ3v) is 12.3. The molecule has 62 heavy (non-hydrogen) atoms. The number of aliphatic carboxylic acids is 1. The van der Waals surface area contributed by atoms with E-state index < -0.39 is 53.8 Å². The van der Waals surface area contributed by atoms with Crippen LogP contribution in [0, 0.1) is 0 Å². The van der Waals surface area contributed by atoms with Crippen LogP contribution in [0.5, 0.6) is 0 Å². The average Bonchev–Trinajstić information content (AvgIpc) is 3.62. The molecule has 0 radical (unpaired) electrons. The van der Waals surface area contributed by atoms with E-state index in [4.69, 9.17) is 20.2 Å². The molecular formula is C48H67N5O9. The first-order valence-electron chi connectivity index (χ1n) is 23.1. The molecule has 2 aromatic heterocycles. The van der Waals surface area contributed by atoms with Gasteiger partial charge in [0.25, 0.3) is 5.56 Å². The number of fused-ring (bicyclic) bond motifs is 5. The van der Waals surface area contributed by atoms with Crippen LogP contribution in [-0.4, -0.2) is 63.0 Å².